The summed E-state index contributed by atoms with van der Waals surface area (Å²) in [6, 6.07) is 27.3. The number of fused-ring (bicyclic) bond motifs is 2. The SMILES string of the molecule is O=C1[C@H]2[C@@H](ON(c3ccccc3)[C@H]2c2cc3ccccc3nc2Cl)C(=O)N1c1ccccc1. The molecule has 0 bridgehead atoms. The van der Waals surface area contributed by atoms with Crippen LogP contribution in [-0.4, -0.2) is 22.9 Å². The Balaban J connectivity index is 1.51. The van der Waals surface area contributed by atoms with Crippen molar-refractivity contribution in [3.05, 3.63) is 102 Å². The zero-order chi connectivity index (χ0) is 22.5. The summed E-state index contributed by atoms with van der Waals surface area (Å²) in [5, 5.41) is 2.80. The maximum Gasteiger partial charge on any atom is 0.266 e. The van der Waals surface area contributed by atoms with Gasteiger partial charge in [-0.05, 0) is 36.4 Å². The van der Waals surface area contributed by atoms with Crippen LogP contribution in [0.3, 0.4) is 0 Å². The zero-order valence-corrected chi connectivity index (χ0v) is 18.1. The second-order valence-electron chi connectivity index (χ2n) is 8.07. The van der Waals surface area contributed by atoms with Crippen LogP contribution in [0.25, 0.3) is 10.9 Å². The summed E-state index contributed by atoms with van der Waals surface area (Å²) in [6.07, 6.45) is -0.953. The van der Waals surface area contributed by atoms with E-state index >= 15 is 0 Å². The summed E-state index contributed by atoms with van der Waals surface area (Å²) in [6.45, 7) is 0. The molecule has 0 N–H and O–H groups in total. The number of rotatable bonds is 3. The van der Waals surface area contributed by atoms with Crippen LogP contribution in [0.5, 0.6) is 0 Å². The molecule has 6 nitrogen and oxygen atoms in total. The average molecular weight is 456 g/mol. The average Bonchev–Trinajstić information content (AvgIpc) is 3.35. The van der Waals surface area contributed by atoms with E-state index in [1.165, 1.54) is 4.90 Å². The molecular weight excluding hydrogens is 438 g/mol. The van der Waals surface area contributed by atoms with E-state index in [0.717, 1.165) is 16.6 Å². The van der Waals surface area contributed by atoms with Crippen molar-refractivity contribution in [1.82, 2.24) is 4.98 Å². The summed E-state index contributed by atoms with van der Waals surface area (Å²) in [5.41, 5.74) is 2.65. The number of hydroxylamine groups is 1. The fourth-order valence-electron chi connectivity index (χ4n) is 4.68. The van der Waals surface area contributed by atoms with Crippen molar-refractivity contribution in [3.63, 3.8) is 0 Å². The molecule has 162 valence electrons. The van der Waals surface area contributed by atoms with Gasteiger partial charge in [0.05, 0.1) is 22.9 Å². The Hall–Kier alpha value is -3.74. The van der Waals surface area contributed by atoms with Crippen LogP contribution in [0.4, 0.5) is 11.4 Å². The van der Waals surface area contributed by atoms with Crippen molar-refractivity contribution < 1.29 is 14.4 Å². The molecule has 2 saturated heterocycles. The van der Waals surface area contributed by atoms with Crippen molar-refractivity contribution in [2.75, 3.05) is 9.96 Å². The Labute approximate surface area is 194 Å². The highest BCUT2D eigenvalue weighted by molar-refractivity contribution is 6.31. The summed E-state index contributed by atoms with van der Waals surface area (Å²) in [5.74, 6) is -1.47. The van der Waals surface area contributed by atoms with Crippen LogP contribution in [0.1, 0.15) is 11.6 Å². The first-order chi connectivity index (χ1) is 16.1. The molecule has 0 aliphatic carbocycles. The van der Waals surface area contributed by atoms with Crippen LogP contribution < -0.4 is 9.96 Å². The van der Waals surface area contributed by atoms with Crippen molar-refractivity contribution in [2.45, 2.75) is 12.1 Å². The lowest BCUT2D eigenvalue weighted by Gasteiger charge is -2.29. The summed E-state index contributed by atoms with van der Waals surface area (Å²) < 4.78 is 0. The van der Waals surface area contributed by atoms with E-state index in [9.17, 15) is 9.59 Å². The minimum absolute atomic E-state index is 0.280. The first-order valence-corrected chi connectivity index (χ1v) is 11.0. The van der Waals surface area contributed by atoms with E-state index in [1.807, 2.05) is 66.7 Å². The Morgan fingerprint density at radius 2 is 1.42 bits per heavy atom. The standard InChI is InChI=1S/C26H18ClN3O3/c27-24-19(15-16-9-7-8-14-20(16)28-24)22-21-23(33-30(22)18-12-5-2-6-13-18)26(32)29(25(21)31)17-10-3-1-4-11-17/h1-15,21-23H/t21-,22+,23-/m1/s1. The minimum atomic E-state index is -0.953. The smallest absolute Gasteiger partial charge is 0.266 e. The van der Waals surface area contributed by atoms with Crippen LogP contribution >= 0.6 is 11.6 Å². The minimum Gasteiger partial charge on any atom is -0.273 e. The van der Waals surface area contributed by atoms with Crippen molar-refractivity contribution in [1.29, 1.82) is 0 Å². The zero-order valence-electron chi connectivity index (χ0n) is 17.3. The van der Waals surface area contributed by atoms with Gasteiger partial charge in [-0.15, -0.1) is 0 Å². The number of anilines is 2. The molecule has 0 unspecified atom stereocenters. The van der Waals surface area contributed by atoms with E-state index in [-0.39, 0.29) is 17.0 Å². The fourth-order valence-corrected chi connectivity index (χ4v) is 4.93. The lowest BCUT2D eigenvalue weighted by molar-refractivity contribution is -0.126. The summed E-state index contributed by atoms with van der Waals surface area (Å²) >= 11 is 6.66. The number of nitrogens with zero attached hydrogens (tertiary/aromatic N) is 3. The quantitative estimate of drug-likeness (QED) is 0.323. The van der Waals surface area contributed by atoms with Crippen molar-refractivity contribution in [2.24, 2.45) is 5.92 Å². The van der Waals surface area contributed by atoms with E-state index in [4.69, 9.17) is 16.4 Å². The van der Waals surface area contributed by atoms with Gasteiger partial charge in [-0.1, -0.05) is 66.2 Å². The number of benzene rings is 3. The molecule has 2 fully saturated rings. The van der Waals surface area contributed by atoms with E-state index in [0.29, 0.717) is 11.3 Å². The van der Waals surface area contributed by atoms with Gasteiger partial charge in [-0.3, -0.25) is 14.4 Å². The van der Waals surface area contributed by atoms with Gasteiger partial charge in [0.25, 0.3) is 5.91 Å². The number of amides is 2. The highest BCUT2D eigenvalue weighted by Crippen LogP contribution is 2.49. The highest BCUT2D eigenvalue weighted by Gasteiger charge is 2.60. The molecule has 2 aliphatic rings. The van der Waals surface area contributed by atoms with E-state index in [2.05, 4.69) is 4.98 Å². The Morgan fingerprint density at radius 3 is 2.15 bits per heavy atom. The van der Waals surface area contributed by atoms with Gasteiger partial charge in [0.2, 0.25) is 5.91 Å². The molecule has 3 heterocycles. The lowest BCUT2D eigenvalue weighted by atomic mass is 9.90. The molecule has 0 radical (unpaired) electrons. The Bertz CT molecular complexity index is 1380. The molecule has 2 aliphatic heterocycles. The Morgan fingerprint density at radius 1 is 0.788 bits per heavy atom. The molecule has 1 aromatic heterocycles. The third kappa shape index (κ3) is 3.10. The van der Waals surface area contributed by atoms with Crippen molar-refractivity contribution in [3.8, 4) is 0 Å². The second kappa shape index (κ2) is 7.69. The first kappa shape index (κ1) is 19.9. The number of para-hydroxylation sites is 3. The third-order valence-corrected chi connectivity index (χ3v) is 6.47. The van der Waals surface area contributed by atoms with Gasteiger partial charge in [-0.25, -0.2) is 14.9 Å². The summed E-state index contributed by atoms with van der Waals surface area (Å²) in [4.78, 5) is 39.0. The van der Waals surface area contributed by atoms with Crippen molar-refractivity contribution >= 4 is 45.7 Å². The van der Waals surface area contributed by atoms with Gasteiger partial charge in [-0.2, -0.15) is 0 Å². The van der Waals surface area contributed by atoms with E-state index < -0.39 is 18.1 Å². The number of hydrogen-bond acceptors (Lipinski definition) is 5. The van der Waals surface area contributed by atoms with Gasteiger partial charge < -0.3 is 0 Å². The number of pyridine rings is 1. The van der Waals surface area contributed by atoms with E-state index in [1.54, 1.807) is 29.3 Å². The van der Waals surface area contributed by atoms with Gasteiger partial charge >= 0.3 is 0 Å². The highest BCUT2D eigenvalue weighted by atomic mass is 35.5. The Kier molecular flexibility index (Phi) is 4.64. The third-order valence-electron chi connectivity index (χ3n) is 6.16. The monoisotopic (exact) mass is 455 g/mol. The van der Waals surface area contributed by atoms with Crippen LogP contribution in [0, 0.1) is 5.92 Å². The van der Waals surface area contributed by atoms with Crippen LogP contribution in [-0.2, 0) is 14.4 Å². The fraction of sp³-hybridized carbons (Fsp3) is 0.115. The first-order valence-electron chi connectivity index (χ1n) is 10.6. The molecule has 3 aromatic carbocycles. The molecule has 3 atom stereocenters. The largest absolute Gasteiger partial charge is 0.273 e. The number of hydrogen-bond donors (Lipinski definition) is 0. The van der Waals surface area contributed by atoms with Crippen LogP contribution in [0.15, 0.2) is 91.0 Å². The predicted molar refractivity (Wildman–Crippen MR) is 126 cm³/mol. The van der Waals surface area contributed by atoms with Gasteiger partial charge in [0.1, 0.15) is 11.1 Å². The predicted octanol–water partition coefficient (Wildman–Crippen LogP) is 4.94. The number of carbonyl (C=O) groups excluding carboxylic acids is 2. The lowest BCUT2D eigenvalue weighted by Crippen LogP contribution is -2.37. The number of halogens is 1. The molecule has 4 aromatic rings. The molecule has 33 heavy (non-hydrogen) atoms. The number of aromatic nitrogens is 1. The molecule has 6 rings (SSSR count). The van der Waals surface area contributed by atoms with Crippen LogP contribution in [0.2, 0.25) is 5.15 Å². The molecule has 2 amide bonds. The molecule has 7 heteroatoms. The maximum absolute atomic E-state index is 13.7. The molecule has 0 saturated carbocycles. The number of carbonyl (C=O) groups is 2. The summed E-state index contributed by atoms with van der Waals surface area (Å²) in [7, 11) is 0. The van der Waals surface area contributed by atoms with Gasteiger partial charge in [0, 0.05) is 10.9 Å². The second-order valence-corrected chi connectivity index (χ2v) is 8.42. The number of imide groups is 1. The maximum atomic E-state index is 13.7. The molecule has 0 spiro atoms. The van der Waals surface area contributed by atoms with Gasteiger partial charge in [0.15, 0.2) is 6.10 Å². The molecular formula is C26H18ClN3O3. The normalized spacial score (nSPS) is 22.3. The topological polar surface area (TPSA) is 62.7 Å².